The van der Waals surface area contributed by atoms with E-state index in [1.165, 1.54) is 0 Å². The van der Waals surface area contributed by atoms with E-state index in [4.69, 9.17) is 4.74 Å². The van der Waals surface area contributed by atoms with Gasteiger partial charge >= 0.3 is 0 Å². The summed E-state index contributed by atoms with van der Waals surface area (Å²) in [5.41, 5.74) is 2.25. The molecular weight excluding hydrogens is 390 g/mol. The molecule has 0 saturated carbocycles. The van der Waals surface area contributed by atoms with Gasteiger partial charge in [0.2, 0.25) is 0 Å². The van der Waals surface area contributed by atoms with Crippen LogP contribution in [0.5, 0.6) is 5.75 Å². The van der Waals surface area contributed by atoms with E-state index in [9.17, 15) is 0 Å². The van der Waals surface area contributed by atoms with Crippen LogP contribution in [-0.4, -0.2) is 44.5 Å². The molecule has 1 fully saturated rings. The van der Waals surface area contributed by atoms with Crippen molar-refractivity contribution in [3.8, 4) is 5.75 Å². The van der Waals surface area contributed by atoms with Gasteiger partial charge in [-0.1, -0.05) is 46.3 Å². The Labute approximate surface area is 157 Å². The minimum absolute atomic E-state index is 0. The number of nitrogens with zero attached hydrogens (tertiary/aromatic N) is 3. The van der Waals surface area contributed by atoms with Gasteiger partial charge in [0, 0.05) is 23.1 Å². The van der Waals surface area contributed by atoms with Crippen LogP contribution in [0.2, 0.25) is 0 Å². The smallest absolute Gasteiger partial charge is 0.142 e. The Bertz CT molecular complexity index is 687. The molecule has 2 aromatic carbocycles. The summed E-state index contributed by atoms with van der Waals surface area (Å²) in [6.45, 7) is 3.68. The molecule has 2 aromatic rings. The quantitative estimate of drug-likeness (QED) is 0.712. The normalized spacial score (nSPS) is 14.6. The fourth-order valence-corrected chi connectivity index (χ4v) is 3.05. The molecule has 24 heavy (non-hydrogen) atoms. The lowest BCUT2D eigenvalue weighted by Gasteiger charge is -2.35. The predicted octanol–water partition coefficient (Wildman–Crippen LogP) is 4.04. The summed E-state index contributed by atoms with van der Waals surface area (Å²) < 4.78 is 6.52. The molecule has 0 bridgehead atoms. The molecule has 0 radical (unpaired) electrons. The molecule has 0 aliphatic carbocycles. The van der Waals surface area contributed by atoms with Crippen LogP contribution in [0.4, 0.5) is 5.69 Å². The topological polar surface area (TPSA) is 28.1 Å². The molecule has 1 saturated heterocycles. The number of benzene rings is 2. The molecule has 0 aromatic heterocycles. The summed E-state index contributed by atoms with van der Waals surface area (Å²) in [6.07, 6.45) is 1.92. The first kappa shape index (κ1) is 18.6. The van der Waals surface area contributed by atoms with Crippen molar-refractivity contribution in [1.82, 2.24) is 5.01 Å². The number of methoxy groups -OCH3 is 1. The zero-order valence-electron chi connectivity index (χ0n) is 13.6. The minimum atomic E-state index is 0. The standard InChI is InChI=1S/C18H20BrN3O.ClH/c1-23-18-9-5-4-8-17(18)21-10-12-22(13-11-21)20-14-15-6-2-3-7-16(15)19;/h2-9,14H,10-13H2,1H3;1H/b20-14+;. The number of piperazine rings is 1. The maximum atomic E-state index is 5.45. The van der Waals surface area contributed by atoms with E-state index in [0.29, 0.717) is 0 Å². The molecule has 1 heterocycles. The number of hydrogen-bond acceptors (Lipinski definition) is 4. The fraction of sp³-hybridized carbons (Fsp3) is 0.278. The second-order valence-electron chi connectivity index (χ2n) is 5.38. The Morgan fingerprint density at radius 2 is 1.67 bits per heavy atom. The van der Waals surface area contributed by atoms with Gasteiger partial charge in [0.15, 0.2) is 0 Å². The van der Waals surface area contributed by atoms with Crippen LogP contribution in [0, 0.1) is 0 Å². The summed E-state index contributed by atoms with van der Waals surface area (Å²) in [6, 6.07) is 16.3. The zero-order valence-corrected chi connectivity index (χ0v) is 16.0. The van der Waals surface area contributed by atoms with Gasteiger partial charge in [-0.05, 0) is 18.2 Å². The van der Waals surface area contributed by atoms with Crippen molar-refractivity contribution in [3.63, 3.8) is 0 Å². The van der Waals surface area contributed by atoms with Crippen molar-refractivity contribution < 1.29 is 4.74 Å². The van der Waals surface area contributed by atoms with Gasteiger partial charge in [-0.25, -0.2) is 0 Å². The Morgan fingerprint density at radius 1 is 1.00 bits per heavy atom. The Morgan fingerprint density at radius 3 is 2.38 bits per heavy atom. The van der Waals surface area contributed by atoms with Crippen LogP contribution < -0.4 is 9.64 Å². The van der Waals surface area contributed by atoms with Gasteiger partial charge in [0.25, 0.3) is 0 Å². The number of hydrogen-bond donors (Lipinski definition) is 0. The third kappa shape index (κ3) is 4.42. The Balaban J connectivity index is 0.00000208. The summed E-state index contributed by atoms with van der Waals surface area (Å²) >= 11 is 3.55. The molecule has 6 heteroatoms. The minimum Gasteiger partial charge on any atom is -0.495 e. The van der Waals surface area contributed by atoms with Crippen molar-refractivity contribution in [1.29, 1.82) is 0 Å². The van der Waals surface area contributed by atoms with Crippen LogP contribution in [0.15, 0.2) is 58.1 Å². The molecule has 0 amide bonds. The molecule has 4 nitrogen and oxygen atoms in total. The first-order chi connectivity index (χ1) is 11.3. The lowest BCUT2D eigenvalue weighted by atomic mass is 10.2. The lowest BCUT2D eigenvalue weighted by molar-refractivity contribution is 0.271. The number of para-hydroxylation sites is 2. The van der Waals surface area contributed by atoms with E-state index in [-0.39, 0.29) is 12.4 Å². The SMILES string of the molecule is COc1ccccc1N1CCN(/N=C/c2ccccc2Br)CC1.Cl. The van der Waals surface area contributed by atoms with Gasteiger partial charge in [0.05, 0.1) is 32.1 Å². The molecule has 3 rings (SSSR count). The average molecular weight is 411 g/mol. The molecule has 0 N–H and O–H groups in total. The number of ether oxygens (including phenoxy) is 1. The second kappa shape index (κ2) is 8.94. The Hall–Kier alpha value is -1.72. The van der Waals surface area contributed by atoms with Gasteiger partial charge in [-0.3, -0.25) is 5.01 Å². The highest BCUT2D eigenvalue weighted by Gasteiger charge is 2.18. The fourth-order valence-electron chi connectivity index (χ4n) is 2.67. The zero-order chi connectivity index (χ0) is 16.1. The van der Waals surface area contributed by atoms with Gasteiger partial charge in [-0.15, -0.1) is 12.4 Å². The van der Waals surface area contributed by atoms with Gasteiger partial charge < -0.3 is 9.64 Å². The van der Waals surface area contributed by atoms with Crippen LogP contribution >= 0.6 is 28.3 Å². The first-order valence-corrected chi connectivity index (χ1v) is 8.48. The maximum absolute atomic E-state index is 5.45. The van der Waals surface area contributed by atoms with Crippen LogP contribution in [0.3, 0.4) is 0 Å². The summed E-state index contributed by atoms with van der Waals surface area (Å²) in [5, 5.41) is 6.72. The predicted molar refractivity (Wildman–Crippen MR) is 106 cm³/mol. The van der Waals surface area contributed by atoms with E-state index >= 15 is 0 Å². The van der Waals surface area contributed by atoms with Crippen molar-refractivity contribution in [2.24, 2.45) is 5.10 Å². The maximum Gasteiger partial charge on any atom is 0.142 e. The third-order valence-electron chi connectivity index (χ3n) is 3.95. The Kier molecular flexibility index (Phi) is 6.94. The number of rotatable bonds is 4. The summed E-state index contributed by atoms with van der Waals surface area (Å²) in [4.78, 5) is 2.35. The highest BCUT2D eigenvalue weighted by atomic mass is 79.9. The van der Waals surface area contributed by atoms with E-state index < -0.39 is 0 Å². The van der Waals surface area contributed by atoms with Crippen molar-refractivity contribution in [2.45, 2.75) is 0 Å². The van der Waals surface area contributed by atoms with E-state index in [0.717, 1.165) is 47.7 Å². The monoisotopic (exact) mass is 409 g/mol. The van der Waals surface area contributed by atoms with E-state index in [1.807, 2.05) is 36.5 Å². The van der Waals surface area contributed by atoms with Gasteiger partial charge in [-0.2, -0.15) is 5.10 Å². The summed E-state index contributed by atoms with van der Waals surface area (Å²) in [7, 11) is 1.72. The van der Waals surface area contributed by atoms with Crippen molar-refractivity contribution in [2.75, 3.05) is 38.2 Å². The molecule has 1 aliphatic rings. The van der Waals surface area contributed by atoms with Crippen molar-refractivity contribution >= 4 is 40.2 Å². The molecule has 1 aliphatic heterocycles. The van der Waals surface area contributed by atoms with Crippen molar-refractivity contribution in [3.05, 3.63) is 58.6 Å². The molecule has 0 atom stereocenters. The first-order valence-electron chi connectivity index (χ1n) is 7.69. The highest BCUT2D eigenvalue weighted by molar-refractivity contribution is 9.10. The highest BCUT2D eigenvalue weighted by Crippen LogP contribution is 2.28. The number of hydrazone groups is 1. The average Bonchev–Trinajstić information content (AvgIpc) is 2.61. The van der Waals surface area contributed by atoms with Gasteiger partial charge in [0.1, 0.15) is 5.75 Å². The molecular formula is C18H21BrClN3O. The van der Waals surface area contributed by atoms with Crippen LogP contribution in [0.1, 0.15) is 5.56 Å². The molecule has 0 unspecified atom stereocenters. The summed E-state index contributed by atoms with van der Waals surface area (Å²) in [5.74, 6) is 0.928. The molecule has 0 spiro atoms. The van der Waals surface area contributed by atoms with Crippen LogP contribution in [-0.2, 0) is 0 Å². The molecule has 128 valence electrons. The van der Waals surface area contributed by atoms with E-state index in [1.54, 1.807) is 7.11 Å². The lowest BCUT2D eigenvalue weighted by Crippen LogP contribution is -2.44. The second-order valence-corrected chi connectivity index (χ2v) is 6.23. The number of anilines is 1. The third-order valence-corrected chi connectivity index (χ3v) is 4.67. The number of halogens is 2. The largest absolute Gasteiger partial charge is 0.495 e. The van der Waals surface area contributed by atoms with E-state index in [2.05, 4.69) is 49.1 Å². The van der Waals surface area contributed by atoms with Crippen LogP contribution in [0.25, 0.3) is 0 Å².